The Hall–Kier alpha value is -0.120. The first-order valence-electron chi connectivity index (χ1n) is 7.01. The van der Waals surface area contributed by atoms with Crippen LogP contribution in [0.1, 0.15) is 40.5 Å². The number of ether oxygens (including phenoxy) is 1. The van der Waals surface area contributed by atoms with Crippen LogP contribution < -0.4 is 5.32 Å². The summed E-state index contributed by atoms with van der Waals surface area (Å²) in [6.45, 7) is 15.5. The van der Waals surface area contributed by atoms with Crippen LogP contribution in [0.3, 0.4) is 0 Å². The summed E-state index contributed by atoms with van der Waals surface area (Å²) in [6, 6.07) is 0.591. The zero-order valence-electron chi connectivity index (χ0n) is 12.1. The molecule has 0 spiro atoms. The minimum Gasteiger partial charge on any atom is -0.379 e. The molecule has 1 aliphatic heterocycles. The highest BCUT2D eigenvalue weighted by molar-refractivity contribution is 4.70. The van der Waals surface area contributed by atoms with E-state index in [9.17, 15) is 0 Å². The van der Waals surface area contributed by atoms with Crippen LogP contribution in [-0.4, -0.2) is 50.3 Å². The fourth-order valence-corrected chi connectivity index (χ4v) is 2.20. The fraction of sp³-hybridized carbons (Fsp3) is 1.00. The molecule has 1 atom stereocenters. The highest BCUT2D eigenvalue weighted by atomic mass is 16.5. The Labute approximate surface area is 107 Å². The standard InChI is InChI=1S/C14H30N2O/c1-13(12-16-8-10-17-11-9-16)15-7-5-6-14(2,3)4/h13,15H,5-12H2,1-4H3. The van der Waals surface area contributed by atoms with E-state index in [2.05, 4.69) is 37.9 Å². The van der Waals surface area contributed by atoms with Gasteiger partial charge in [-0.1, -0.05) is 20.8 Å². The van der Waals surface area contributed by atoms with Gasteiger partial charge in [-0.15, -0.1) is 0 Å². The van der Waals surface area contributed by atoms with Gasteiger partial charge in [0.25, 0.3) is 0 Å². The van der Waals surface area contributed by atoms with Crippen LogP contribution in [0.25, 0.3) is 0 Å². The Morgan fingerprint density at radius 3 is 2.47 bits per heavy atom. The second-order valence-corrected chi connectivity index (χ2v) is 6.43. The smallest absolute Gasteiger partial charge is 0.0594 e. The third kappa shape index (κ3) is 7.74. The first kappa shape index (κ1) is 14.9. The van der Waals surface area contributed by atoms with Gasteiger partial charge in [0.1, 0.15) is 0 Å². The molecule has 102 valence electrons. The molecule has 0 bridgehead atoms. The van der Waals surface area contributed by atoms with Crippen molar-refractivity contribution in [3.8, 4) is 0 Å². The normalized spacial score (nSPS) is 20.5. The Morgan fingerprint density at radius 1 is 1.24 bits per heavy atom. The predicted molar refractivity (Wildman–Crippen MR) is 73.4 cm³/mol. The van der Waals surface area contributed by atoms with Crippen molar-refractivity contribution in [2.24, 2.45) is 5.41 Å². The molecule has 0 saturated carbocycles. The topological polar surface area (TPSA) is 24.5 Å². The van der Waals surface area contributed by atoms with Gasteiger partial charge in [0.15, 0.2) is 0 Å². The molecular formula is C14H30N2O. The lowest BCUT2D eigenvalue weighted by molar-refractivity contribution is 0.0344. The van der Waals surface area contributed by atoms with Gasteiger partial charge in [-0.25, -0.2) is 0 Å². The van der Waals surface area contributed by atoms with E-state index >= 15 is 0 Å². The largest absolute Gasteiger partial charge is 0.379 e. The summed E-state index contributed by atoms with van der Waals surface area (Å²) in [6.07, 6.45) is 2.57. The van der Waals surface area contributed by atoms with Crippen LogP contribution in [-0.2, 0) is 4.74 Å². The molecule has 0 aromatic heterocycles. The second-order valence-electron chi connectivity index (χ2n) is 6.43. The van der Waals surface area contributed by atoms with Crippen molar-refractivity contribution in [3.05, 3.63) is 0 Å². The summed E-state index contributed by atoms with van der Waals surface area (Å²) in [5, 5.41) is 3.62. The SMILES string of the molecule is CC(CN1CCOCC1)NCCCC(C)(C)C. The second kappa shape index (κ2) is 7.34. The summed E-state index contributed by atoms with van der Waals surface area (Å²) in [4.78, 5) is 2.49. The molecule has 1 aliphatic rings. The molecule has 1 rings (SSSR count). The van der Waals surface area contributed by atoms with Gasteiger partial charge < -0.3 is 10.1 Å². The molecule has 0 aromatic rings. The van der Waals surface area contributed by atoms with E-state index in [0.29, 0.717) is 11.5 Å². The van der Waals surface area contributed by atoms with E-state index in [-0.39, 0.29) is 0 Å². The lowest BCUT2D eigenvalue weighted by Crippen LogP contribution is -2.44. The van der Waals surface area contributed by atoms with E-state index in [1.54, 1.807) is 0 Å². The molecule has 17 heavy (non-hydrogen) atoms. The molecule has 1 heterocycles. The van der Waals surface area contributed by atoms with E-state index in [1.165, 1.54) is 12.8 Å². The number of nitrogens with one attached hydrogen (secondary N) is 1. The lowest BCUT2D eigenvalue weighted by atomic mass is 9.90. The van der Waals surface area contributed by atoms with Crippen molar-refractivity contribution in [2.45, 2.75) is 46.6 Å². The van der Waals surface area contributed by atoms with Gasteiger partial charge in [-0.3, -0.25) is 4.90 Å². The Morgan fingerprint density at radius 2 is 1.88 bits per heavy atom. The molecule has 1 fully saturated rings. The molecule has 1 N–H and O–H groups in total. The number of rotatable bonds is 6. The van der Waals surface area contributed by atoms with Crippen LogP contribution in [0.2, 0.25) is 0 Å². The molecule has 3 heteroatoms. The third-order valence-corrected chi connectivity index (χ3v) is 3.23. The Kier molecular flexibility index (Phi) is 6.45. The first-order valence-corrected chi connectivity index (χ1v) is 7.01. The maximum absolute atomic E-state index is 5.36. The summed E-state index contributed by atoms with van der Waals surface area (Å²) < 4.78 is 5.36. The molecule has 1 saturated heterocycles. The predicted octanol–water partition coefficient (Wildman–Crippen LogP) is 2.12. The number of morpholine rings is 1. The minimum atomic E-state index is 0.467. The van der Waals surface area contributed by atoms with Crippen LogP contribution in [0.4, 0.5) is 0 Å². The van der Waals surface area contributed by atoms with E-state index in [4.69, 9.17) is 4.74 Å². The van der Waals surface area contributed by atoms with Crippen LogP contribution >= 0.6 is 0 Å². The van der Waals surface area contributed by atoms with Crippen molar-refractivity contribution in [3.63, 3.8) is 0 Å². The van der Waals surface area contributed by atoms with E-state index in [1.807, 2.05) is 0 Å². The molecule has 0 aromatic carbocycles. The number of hydrogen-bond donors (Lipinski definition) is 1. The van der Waals surface area contributed by atoms with Gasteiger partial charge in [0.05, 0.1) is 13.2 Å². The molecule has 1 unspecified atom stereocenters. The first-order chi connectivity index (χ1) is 7.97. The minimum absolute atomic E-state index is 0.467. The van der Waals surface area contributed by atoms with Crippen molar-refractivity contribution < 1.29 is 4.74 Å². The van der Waals surface area contributed by atoms with Crippen molar-refractivity contribution in [1.82, 2.24) is 10.2 Å². The third-order valence-electron chi connectivity index (χ3n) is 3.23. The average molecular weight is 242 g/mol. The summed E-state index contributed by atoms with van der Waals surface area (Å²) >= 11 is 0. The Balaban J connectivity index is 2.02. The monoisotopic (exact) mass is 242 g/mol. The van der Waals surface area contributed by atoms with Gasteiger partial charge in [0.2, 0.25) is 0 Å². The molecule has 0 amide bonds. The van der Waals surface area contributed by atoms with Crippen LogP contribution in [0.5, 0.6) is 0 Å². The zero-order valence-corrected chi connectivity index (χ0v) is 12.1. The highest BCUT2D eigenvalue weighted by Gasteiger charge is 2.13. The van der Waals surface area contributed by atoms with E-state index in [0.717, 1.165) is 39.4 Å². The fourth-order valence-electron chi connectivity index (χ4n) is 2.20. The maximum Gasteiger partial charge on any atom is 0.0594 e. The van der Waals surface area contributed by atoms with Crippen molar-refractivity contribution in [1.29, 1.82) is 0 Å². The molecule has 0 aliphatic carbocycles. The molecular weight excluding hydrogens is 212 g/mol. The Bertz CT molecular complexity index is 195. The highest BCUT2D eigenvalue weighted by Crippen LogP contribution is 2.19. The summed E-state index contributed by atoms with van der Waals surface area (Å²) in [5.41, 5.74) is 0.467. The maximum atomic E-state index is 5.36. The van der Waals surface area contributed by atoms with Gasteiger partial charge in [-0.2, -0.15) is 0 Å². The lowest BCUT2D eigenvalue weighted by Gasteiger charge is -2.29. The molecule has 0 radical (unpaired) electrons. The van der Waals surface area contributed by atoms with Gasteiger partial charge >= 0.3 is 0 Å². The summed E-state index contributed by atoms with van der Waals surface area (Å²) in [5.74, 6) is 0. The number of hydrogen-bond acceptors (Lipinski definition) is 3. The number of nitrogens with zero attached hydrogens (tertiary/aromatic N) is 1. The van der Waals surface area contributed by atoms with Gasteiger partial charge in [0, 0.05) is 25.7 Å². The van der Waals surface area contributed by atoms with Gasteiger partial charge in [-0.05, 0) is 31.7 Å². The van der Waals surface area contributed by atoms with Crippen molar-refractivity contribution >= 4 is 0 Å². The van der Waals surface area contributed by atoms with Crippen LogP contribution in [0.15, 0.2) is 0 Å². The summed E-state index contributed by atoms with van der Waals surface area (Å²) in [7, 11) is 0. The molecule has 3 nitrogen and oxygen atoms in total. The van der Waals surface area contributed by atoms with E-state index < -0.39 is 0 Å². The zero-order chi connectivity index (χ0) is 12.7. The van der Waals surface area contributed by atoms with Crippen molar-refractivity contribution in [2.75, 3.05) is 39.4 Å². The quantitative estimate of drug-likeness (QED) is 0.722. The average Bonchev–Trinajstić information content (AvgIpc) is 2.25. The van der Waals surface area contributed by atoms with Crippen LogP contribution in [0, 0.1) is 5.41 Å².